The molecule has 1 atom stereocenters. The summed E-state index contributed by atoms with van der Waals surface area (Å²) in [6, 6.07) is 11.9. The van der Waals surface area contributed by atoms with Gasteiger partial charge >= 0.3 is 5.97 Å². The zero-order chi connectivity index (χ0) is 15.7. The van der Waals surface area contributed by atoms with E-state index < -0.39 is 11.2 Å². The number of fused-ring (bicyclic) bond motifs is 1. The molecule has 1 unspecified atom stereocenters. The van der Waals surface area contributed by atoms with Crippen LogP contribution in [-0.2, 0) is 4.79 Å². The molecule has 0 aliphatic carbocycles. The molecule has 4 nitrogen and oxygen atoms in total. The number of carboxylic acid groups (broad SMARTS) is 1. The first kappa shape index (κ1) is 15.3. The van der Waals surface area contributed by atoms with E-state index in [9.17, 15) is 4.79 Å². The lowest BCUT2D eigenvalue weighted by Crippen LogP contribution is -2.11. The van der Waals surface area contributed by atoms with Crippen molar-refractivity contribution in [1.29, 1.82) is 0 Å². The Bertz CT molecular complexity index is 836. The first-order valence-corrected chi connectivity index (χ1v) is 8.54. The van der Waals surface area contributed by atoms with Gasteiger partial charge in [-0.15, -0.1) is 11.3 Å². The van der Waals surface area contributed by atoms with Gasteiger partial charge in [-0.2, -0.15) is 0 Å². The molecule has 2 aromatic heterocycles. The molecule has 0 fully saturated rings. The fourth-order valence-electron chi connectivity index (χ4n) is 1.87. The van der Waals surface area contributed by atoms with Crippen molar-refractivity contribution >= 4 is 50.9 Å². The Labute approximate surface area is 140 Å². The van der Waals surface area contributed by atoms with E-state index in [1.165, 1.54) is 11.3 Å². The van der Waals surface area contributed by atoms with Gasteiger partial charge in [0.2, 0.25) is 0 Å². The maximum absolute atomic E-state index is 10.9. The molecule has 1 aromatic carbocycles. The molecule has 0 saturated carbocycles. The van der Waals surface area contributed by atoms with Gasteiger partial charge in [0.1, 0.15) is 15.2 Å². The van der Waals surface area contributed by atoms with E-state index >= 15 is 0 Å². The minimum absolute atomic E-state index is 0.350. The van der Waals surface area contributed by atoms with Crippen LogP contribution in [0.2, 0.25) is 5.15 Å². The van der Waals surface area contributed by atoms with E-state index in [1.807, 2.05) is 36.4 Å². The van der Waals surface area contributed by atoms with E-state index in [-0.39, 0.29) is 0 Å². The van der Waals surface area contributed by atoms with Crippen molar-refractivity contribution in [3.63, 3.8) is 0 Å². The van der Waals surface area contributed by atoms with Crippen molar-refractivity contribution in [1.82, 2.24) is 9.97 Å². The zero-order valence-electron chi connectivity index (χ0n) is 11.5. The maximum atomic E-state index is 10.9. The number of halogens is 1. The minimum atomic E-state index is -0.902. The monoisotopic (exact) mass is 350 g/mol. The van der Waals surface area contributed by atoms with Crippen molar-refractivity contribution < 1.29 is 9.90 Å². The van der Waals surface area contributed by atoms with Crippen molar-refractivity contribution in [2.24, 2.45) is 0 Å². The summed E-state index contributed by atoms with van der Waals surface area (Å²) < 4.78 is 0. The molecular formula is C15H11ClN2O2S2. The second-order valence-corrected chi connectivity index (χ2v) is 7.29. The first-order valence-electron chi connectivity index (χ1n) is 6.46. The van der Waals surface area contributed by atoms with Crippen LogP contribution in [0.4, 0.5) is 0 Å². The highest BCUT2D eigenvalue weighted by molar-refractivity contribution is 8.00. The Morgan fingerprint density at radius 2 is 2.05 bits per heavy atom. The summed E-state index contributed by atoms with van der Waals surface area (Å²) in [4.78, 5) is 21.4. The number of benzene rings is 1. The van der Waals surface area contributed by atoms with Gasteiger partial charge in [-0.1, -0.05) is 53.7 Å². The molecule has 0 saturated heterocycles. The van der Waals surface area contributed by atoms with E-state index in [4.69, 9.17) is 16.7 Å². The minimum Gasteiger partial charge on any atom is -0.480 e. The van der Waals surface area contributed by atoms with Crippen molar-refractivity contribution in [3.8, 4) is 10.4 Å². The molecule has 3 rings (SSSR count). The van der Waals surface area contributed by atoms with Crippen LogP contribution < -0.4 is 0 Å². The molecule has 2 heterocycles. The molecule has 1 N–H and O–H groups in total. The van der Waals surface area contributed by atoms with Crippen LogP contribution in [0.15, 0.2) is 41.6 Å². The number of carbonyl (C=O) groups is 1. The molecule has 3 aromatic rings. The number of aromatic nitrogens is 2. The third-order valence-corrected chi connectivity index (χ3v) is 5.33. The number of nitrogens with zero attached hydrogens (tertiary/aromatic N) is 2. The zero-order valence-corrected chi connectivity index (χ0v) is 13.9. The quantitative estimate of drug-likeness (QED) is 0.424. The summed E-state index contributed by atoms with van der Waals surface area (Å²) in [6.07, 6.45) is 0. The summed E-state index contributed by atoms with van der Waals surface area (Å²) >= 11 is 8.82. The molecule has 0 aliphatic heterocycles. The Morgan fingerprint density at radius 3 is 2.73 bits per heavy atom. The van der Waals surface area contributed by atoms with Crippen molar-refractivity contribution in [2.45, 2.75) is 17.3 Å². The van der Waals surface area contributed by atoms with Crippen LogP contribution in [0.5, 0.6) is 0 Å². The summed E-state index contributed by atoms with van der Waals surface area (Å²) in [5, 5.41) is 9.87. The van der Waals surface area contributed by atoms with Gasteiger partial charge in [-0.05, 0) is 18.6 Å². The van der Waals surface area contributed by atoms with Gasteiger partial charge in [0, 0.05) is 10.3 Å². The number of thioether (sulfide) groups is 1. The fourth-order valence-corrected chi connectivity index (χ4v) is 4.00. The molecule has 0 spiro atoms. The third-order valence-electron chi connectivity index (χ3n) is 3.01. The Balaban J connectivity index is 2.02. The molecular weight excluding hydrogens is 340 g/mol. The second kappa shape index (κ2) is 6.24. The molecule has 22 heavy (non-hydrogen) atoms. The molecule has 7 heteroatoms. The van der Waals surface area contributed by atoms with Crippen LogP contribution >= 0.6 is 34.7 Å². The number of carboxylic acids is 1. The lowest BCUT2D eigenvalue weighted by molar-refractivity contribution is -0.136. The lowest BCUT2D eigenvalue weighted by Gasteiger charge is -2.04. The van der Waals surface area contributed by atoms with Gasteiger partial charge in [-0.3, -0.25) is 4.79 Å². The highest BCUT2D eigenvalue weighted by Gasteiger charge is 2.17. The fraction of sp³-hybridized carbons (Fsp3) is 0.133. The van der Waals surface area contributed by atoms with Gasteiger partial charge in [0.05, 0.1) is 0 Å². The van der Waals surface area contributed by atoms with Gasteiger partial charge < -0.3 is 5.11 Å². The summed E-state index contributed by atoms with van der Waals surface area (Å²) in [5.41, 5.74) is 1.09. The van der Waals surface area contributed by atoms with Gasteiger partial charge in [0.25, 0.3) is 0 Å². The first-order chi connectivity index (χ1) is 10.5. The average Bonchev–Trinajstić information content (AvgIpc) is 2.92. The molecule has 0 bridgehead atoms. The smallest absolute Gasteiger partial charge is 0.316 e. The predicted molar refractivity (Wildman–Crippen MR) is 90.8 cm³/mol. The highest BCUT2D eigenvalue weighted by atomic mass is 35.5. The van der Waals surface area contributed by atoms with Crippen LogP contribution in [0.25, 0.3) is 20.7 Å². The standard InChI is InChI=1S/C15H11ClN2O2S2/c1-8(14(19)20)21-15-17-12(16)10-7-11(22-13(10)18-15)9-5-3-2-4-6-9/h2-8H,1H3,(H,19,20). The summed E-state index contributed by atoms with van der Waals surface area (Å²) in [7, 11) is 0. The number of thiophene rings is 1. The number of hydrogen-bond acceptors (Lipinski definition) is 5. The van der Waals surface area contributed by atoms with Crippen molar-refractivity contribution in [3.05, 3.63) is 41.6 Å². The van der Waals surface area contributed by atoms with Crippen LogP contribution in [-0.4, -0.2) is 26.3 Å². The maximum Gasteiger partial charge on any atom is 0.316 e. The van der Waals surface area contributed by atoms with E-state index in [2.05, 4.69) is 9.97 Å². The summed E-state index contributed by atoms with van der Waals surface area (Å²) in [5.74, 6) is -0.902. The second-order valence-electron chi connectivity index (χ2n) is 4.59. The van der Waals surface area contributed by atoms with Crippen molar-refractivity contribution in [2.75, 3.05) is 0 Å². The Morgan fingerprint density at radius 1 is 1.32 bits per heavy atom. The largest absolute Gasteiger partial charge is 0.480 e. The Kier molecular flexibility index (Phi) is 4.33. The molecule has 0 amide bonds. The SMILES string of the molecule is CC(Sc1nc(Cl)c2cc(-c3ccccc3)sc2n1)C(=O)O. The topological polar surface area (TPSA) is 63.1 Å². The van der Waals surface area contributed by atoms with Crippen LogP contribution in [0.3, 0.4) is 0 Å². The van der Waals surface area contributed by atoms with Crippen LogP contribution in [0, 0.1) is 0 Å². The average molecular weight is 351 g/mol. The number of rotatable bonds is 4. The lowest BCUT2D eigenvalue weighted by atomic mass is 10.2. The van der Waals surface area contributed by atoms with Gasteiger partial charge in [0.15, 0.2) is 5.16 Å². The number of hydrogen-bond donors (Lipinski definition) is 1. The third kappa shape index (κ3) is 3.09. The van der Waals surface area contributed by atoms with E-state index in [0.29, 0.717) is 10.3 Å². The van der Waals surface area contributed by atoms with Gasteiger partial charge in [-0.25, -0.2) is 9.97 Å². The molecule has 0 aliphatic rings. The highest BCUT2D eigenvalue weighted by Crippen LogP contribution is 2.36. The van der Waals surface area contributed by atoms with Crippen LogP contribution in [0.1, 0.15) is 6.92 Å². The summed E-state index contributed by atoms with van der Waals surface area (Å²) in [6.45, 7) is 1.60. The molecule has 0 radical (unpaired) electrons. The van der Waals surface area contributed by atoms with E-state index in [0.717, 1.165) is 32.4 Å². The predicted octanol–water partition coefficient (Wildman–Crippen LogP) is 4.58. The Hall–Kier alpha value is -1.63. The van der Waals surface area contributed by atoms with E-state index in [1.54, 1.807) is 6.92 Å². The molecule has 112 valence electrons. The number of aliphatic carboxylic acids is 1. The normalized spacial score (nSPS) is 12.5.